The fraction of sp³-hybridized carbons (Fsp3) is 0.667. The van der Waals surface area contributed by atoms with Crippen molar-refractivity contribution in [1.29, 1.82) is 0 Å². The van der Waals surface area contributed by atoms with Crippen molar-refractivity contribution in [2.45, 2.75) is 120 Å². The topological polar surface area (TPSA) is 48.1 Å². The van der Waals surface area contributed by atoms with Crippen LogP contribution < -0.4 is 0 Å². The molecule has 1 aromatic carbocycles. The van der Waals surface area contributed by atoms with Crippen LogP contribution in [0.1, 0.15) is 91.0 Å². The summed E-state index contributed by atoms with van der Waals surface area (Å²) in [5, 5.41) is 0. The Hall–Kier alpha value is -2.60. The number of nitrogens with zero attached hydrogens (tertiary/aromatic N) is 4. The molecular weight excluding hydrogens is 520 g/mol. The molecule has 2 saturated heterocycles. The minimum atomic E-state index is -0.415. The standard InChI is InChI=1S/C36H48N4O2/c1-5-33(3,4)42-32(41)38-19-16-34(17-20-38,26-10-7-6-8-11-26)18-21-39-31-23-29(22-27-14-15-35(27,31)39)40-25(2)37-30-13-9-12-28-24-36(28,30)40/h6-13,27-29,31H,5,14-24H2,1-4H3/t27-,28?,29+,31-,35?,36?,39?/m0/s1. The maximum Gasteiger partial charge on any atom is 0.410 e. The molecule has 2 spiro atoms. The number of hydrogen-bond acceptors (Lipinski definition) is 5. The summed E-state index contributed by atoms with van der Waals surface area (Å²) in [6.07, 6.45) is 17.4. The molecule has 3 heterocycles. The molecule has 1 amide bonds. The SMILES string of the molecule is CCC(C)(C)OC(=O)N1CCC(CCN2[C@H]3C[C@H](N4C(C)=NC5=CC=CC6CC564)C[C@@H]4CCC432)(c2ccccc2)CC1. The fourth-order valence-electron chi connectivity index (χ4n) is 10.0. The van der Waals surface area contributed by atoms with Gasteiger partial charge in [0.2, 0.25) is 0 Å². The third-order valence-electron chi connectivity index (χ3n) is 12.9. The Balaban J connectivity index is 0.967. The van der Waals surface area contributed by atoms with E-state index in [9.17, 15) is 4.79 Å². The van der Waals surface area contributed by atoms with E-state index in [1.165, 1.54) is 62.2 Å². The van der Waals surface area contributed by atoms with E-state index >= 15 is 0 Å². The van der Waals surface area contributed by atoms with Crippen LogP contribution in [0.3, 0.4) is 0 Å². The van der Waals surface area contributed by atoms with Gasteiger partial charge in [0.1, 0.15) is 11.4 Å². The van der Waals surface area contributed by atoms with Crippen LogP contribution in [0.5, 0.6) is 0 Å². The summed E-state index contributed by atoms with van der Waals surface area (Å²) in [5.41, 5.74) is 3.13. The molecule has 7 aliphatic rings. The molecule has 0 N–H and O–H groups in total. The van der Waals surface area contributed by atoms with E-state index in [-0.39, 0.29) is 17.0 Å². The molecule has 4 unspecified atom stereocenters. The first-order chi connectivity index (χ1) is 20.2. The van der Waals surface area contributed by atoms with Crippen molar-refractivity contribution in [2.24, 2.45) is 16.8 Å². The molecular formula is C36H48N4O2. The number of allylic oxidation sites excluding steroid dienone is 2. The molecule has 42 heavy (non-hydrogen) atoms. The van der Waals surface area contributed by atoms with E-state index in [0.29, 0.717) is 17.5 Å². The number of amides is 1. The Morgan fingerprint density at radius 1 is 1.12 bits per heavy atom. The number of benzene rings is 1. The number of amidine groups is 1. The predicted molar refractivity (Wildman–Crippen MR) is 166 cm³/mol. The van der Waals surface area contributed by atoms with E-state index < -0.39 is 5.60 Å². The van der Waals surface area contributed by atoms with Gasteiger partial charge in [-0.15, -0.1) is 0 Å². The van der Waals surface area contributed by atoms with Crippen molar-refractivity contribution in [2.75, 3.05) is 19.6 Å². The number of hydrogen-bond donors (Lipinski definition) is 0. The smallest absolute Gasteiger partial charge is 0.410 e. The number of aliphatic imine (C=N–C) groups is 1. The molecule has 3 aliphatic heterocycles. The highest BCUT2D eigenvalue weighted by molar-refractivity contribution is 5.87. The lowest BCUT2D eigenvalue weighted by atomic mass is 9.63. The Labute approximate surface area is 251 Å². The highest BCUT2D eigenvalue weighted by Crippen LogP contribution is 2.68. The third-order valence-corrected chi connectivity index (χ3v) is 12.9. The summed E-state index contributed by atoms with van der Waals surface area (Å²) in [4.78, 5) is 25.8. The van der Waals surface area contributed by atoms with Crippen LogP contribution in [0.15, 0.2) is 59.2 Å². The van der Waals surface area contributed by atoms with E-state index in [2.05, 4.69) is 72.2 Å². The van der Waals surface area contributed by atoms with Gasteiger partial charge in [0.05, 0.1) is 11.2 Å². The van der Waals surface area contributed by atoms with Crippen molar-refractivity contribution < 1.29 is 9.53 Å². The van der Waals surface area contributed by atoms with E-state index in [4.69, 9.17) is 9.73 Å². The van der Waals surface area contributed by atoms with E-state index in [1.807, 2.05) is 18.7 Å². The van der Waals surface area contributed by atoms with Crippen LogP contribution in [0.2, 0.25) is 0 Å². The number of rotatable bonds is 7. The molecule has 6 nitrogen and oxygen atoms in total. The molecule has 7 atom stereocenters. The van der Waals surface area contributed by atoms with Crippen LogP contribution in [0.25, 0.3) is 0 Å². The Bertz CT molecular complexity index is 1360. The van der Waals surface area contributed by atoms with Crippen molar-refractivity contribution in [3.8, 4) is 0 Å². The number of likely N-dealkylation sites (tertiary alicyclic amines) is 2. The average Bonchev–Trinajstić information content (AvgIpc) is 3.85. The van der Waals surface area contributed by atoms with Gasteiger partial charge in [-0.05, 0) is 108 Å². The Morgan fingerprint density at radius 3 is 2.62 bits per heavy atom. The zero-order chi connectivity index (χ0) is 28.9. The van der Waals surface area contributed by atoms with Gasteiger partial charge in [-0.2, -0.15) is 0 Å². The minimum absolute atomic E-state index is 0.117. The first-order valence-electron chi connectivity index (χ1n) is 16.8. The molecule has 0 radical (unpaired) electrons. The first kappa shape index (κ1) is 27.0. The van der Waals surface area contributed by atoms with Gasteiger partial charge in [0, 0.05) is 36.6 Å². The molecule has 3 saturated carbocycles. The number of carbonyl (C=O) groups is 1. The molecule has 5 fully saturated rings. The molecule has 0 bridgehead atoms. The molecule has 6 heteroatoms. The summed E-state index contributed by atoms with van der Waals surface area (Å²) >= 11 is 0. The van der Waals surface area contributed by atoms with Gasteiger partial charge in [-0.3, -0.25) is 4.90 Å². The molecule has 0 aromatic heterocycles. The maximum absolute atomic E-state index is 13.0. The first-order valence-corrected chi connectivity index (χ1v) is 16.8. The van der Waals surface area contributed by atoms with E-state index in [0.717, 1.165) is 44.3 Å². The van der Waals surface area contributed by atoms with Crippen molar-refractivity contribution >= 4 is 11.9 Å². The minimum Gasteiger partial charge on any atom is -0.443 e. The lowest BCUT2D eigenvalue weighted by Gasteiger charge is -2.48. The highest BCUT2D eigenvalue weighted by Gasteiger charge is 2.74. The molecule has 1 aromatic rings. The Morgan fingerprint density at radius 2 is 1.90 bits per heavy atom. The summed E-state index contributed by atoms with van der Waals surface area (Å²) in [7, 11) is 0. The normalized spacial score (nSPS) is 38.7. The Kier molecular flexibility index (Phi) is 5.91. The summed E-state index contributed by atoms with van der Waals surface area (Å²) < 4.78 is 5.87. The second kappa shape index (κ2) is 9.20. The quantitative estimate of drug-likeness (QED) is 0.345. The monoisotopic (exact) mass is 568 g/mol. The van der Waals surface area contributed by atoms with Crippen LogP contribution in [0, 0.1) is 11.8 Å². The summed E-state index contributed by atoms with van der Waals surface area (Å²) in [5.74, 6) is 2.75. The lowest BCUT2D eigenvalue weighted by Crippen LogP contribution is -2.54. The van der Waals surface area contributed by atoms with Crippen LogP contribution in [-0.2, 0) is 10.2 Å². The number of piperidine rings is 1. The highest BCUT2D eigenvalue weighted by atomic mass is 16.6. The van der Waals surface area contributed by atoms with E-state index in [1.54, 1.807) is 0 Å². The van der Waals surface area contributed by atoms with Gasteiger partial charge in [-0.1, -0.05) is 49.4 Å². The summed E-state index contributed by atoms with van der Waals surface area (Å²) in [6, 6.07) is 12.5. The summed E-state index contributed by atoms with van der Waals surface area (Å²) in [6.45, 7) is 11.1. The maximum atomic E-state index is 13.0. The molecule has 4 aliphatic carbocycles. The molecule has 224 valence electrons. The van der Waals surface area contributed by atoms with Gasteiger partial charge in [0.15, 0.2) is 0 Å². The van der Waals surface area contributed by atoms with Crippen LogP contribution >= 0.6 is 0 Å². The van der Waals surface area contributed by atoms with Crippen LogP contribution in [-0.4, -0.2) is 75.0 Å². The van der Waals surface area contributed by atoms with Gasteiger partial charge in [-0.25, -0.2) is 9.79 Å². The zero-order valence-corrected chi connectivity index (χ0v) is 26.0. The third kappa shape index (κ3) is 3.79. The largest absolute Gasteiger partial charge is 0.443 e. The number of carbonyl (C=O) groups excluding carboxylic acids is 1. The second-order valence-corrected chi connectivity index (χ2v) is 15.1. The van der Waals surface area contributed by atoms with Gasteiger partial charge in [0.25, 0.3) is 0 Å². The van der Waals surface area contributed by atoms with Crippen molar-refractivity contribution in [3.63, 3.8) is 0 Å². The van der Waals surface area contributed by atoms with Gasteiger partial charge < -0.3 is 14.5 Å². The molecule has 8 rings (SSSR count). The van der Waals surface area contributed by atoms with Gasteiger partial charge >= 0.3 is 6.09 Å². The van der Waals surface area contributed by atoms with Crippen molar-refractivity contribution in [1.82, 2.24) is 14.7 Å². The van der Waals surface area contributed by atoms with Crippen LogP contribution in [0.4, 0.5) is 4.79 Å². The lowest BCUT2D eigenvalue weighted by molar-refractivity contribution is 0.00334. The average molecular weight is 569 g/mol. The predicted octanol–water partition coefficient (Wildman–Crippen LogP) is 6.68. The number of ether oxygens (including phenoxy) is 1. The zero-order valence-electron chi connectivity index (χ0n) is 26.0. The second-order valence-electron chi connectivity index (χ2n) is 15.1. The fourth-order valence-corrected chi connectivity index (χ4v) is 10.0. The van der Waals surface area contributed by atoms with Crippen molar-refractivity contribution in [3.05, 3.63) is 59.8 Å².